The lowest BCUT2D eigenvalue weighted by Crippen LogP contribution is -2.10. The van der Waals surface area contributed by atoms with E-state index in [9.17, 15) is 0 Å². The second-order valence-corrected chi connectivity index (χ2v) is 4.54. The van der Waals surface area contributed by atoms with Crippen molar-refractivity contribution in [2.24, 2.45) is 0 Å². The van der Waals surface area contributed by atoms with Crippen molar-refractivity contribution in [3.8, 4) is 0 Å². The van der Waals surface area contributed by atoms with Gasteiger partial charge in [-0.1, -0.05) is 29.8 Å². The number of nitrogens with zero attached hydrogens (tertiary/aromatic N) is 2. The van der Waals surface area contributed by atoms with Gasteiger partial charge >= 0.3 is 0 Å². The molecule has 19 heavy (non-hydrogen) atoms. The molecular formula is C13H16ClN5. The summed E-state index contributed by atoms with van der Waals surface area (Å²) in [5.41, 5.74) is 6.66. The van der Waals surface area contributed by atoms with E-state index >= 15 is 0 Å². The van der Waals surface area contributed by atoms with Crippen LogP contribution in [0.25, 0.3) is 0 Å². The molecule has 1 aromatic carbocycles. The molecule has 0 aliphatic heterocycles. The highest BCUT2D eigenvalue weighted by atomic mass is 35.5. The zero-order valence-electron chi connectivity index (χ0n) is 10.8. The van der Waals surface area contributed by atoms with Gasteiger partial charge in [-0.15, -0.1) is 0 Å². The minimum Gasteiger partial charge on any atom is -0.373 e. The van der Waals surface area contributed by atoms with Gasteiger partial charge in [0.15, 0.2) is 0 Å². The second kappa shape index (κ2) is 5.75. The number of nitrogens with one attached hydrogen (secondary N) is 2. The summed E-state index contributed by atoms with van der Waals surface area (Å²) in [6.07, 6.45) is 0. The van der Waals surface area contributed by atoms with Crippen molar-refractivity contribution in [3.05, 3.63) is 40.9 Å². The molecule has 1 aromatic heterocycles. The summed E-state index contributed by atoms with van der Waals surface area (Å²) in [4.78, 5) is 8.19. The highest BCUT2D eigenvalue weighted by Crippen LogP contribution is 2.25. The molecule has 0 radical (unpaired) electrons. The normalized spacial score (nSPS) is 11.9. The second-order valence-electron chi connectivity index (χ2n) is 4.13. The largest absolute Gasteiger partial charge is 0.373 e. The Bertz CT molecular complexity index is 573. The SMILES string of the molecule is CNc1cc(NC(C)c2ccccc2Cl)nc(N)n1. The zero-order valence-corrected chi connectivity index (χ0v) is 11.6. The van der Waals surface area contributed by atoms with Crippen molar-refractivity contribution < 1.29 is 0 Å². The third kappa shape index (κ3) is 3.26. The number of nitrogen functional groups attached to an aromatic ring is 1. The van der Waals surface area contributed by atoms with E-state index in [0.29, 0.717) is 11.6 Å². The van der Waals surface area contributed by atoms with Crippen molar-refractivity contribution in [3.63, 3.8) is 0 Å². The predicted octanol–water partition coefficient (Wildman–Crippen LogP) is 2.93. The van der Waals surface area contributed by atoms with Crippen LogP contribution in [0.15, 0.2) is 30.3 Å². The summed E-state index contributed by atoms with van der Waals surface area (Å²) in [5, 5.41) is 6.92. The van der Waals surface area contributed by atoms with Crippen molar-refractivity contribution in [1.82, 2.24) is 9.97 Å². The van der Waals surface area contributed by atoms with Crippen LogP contribution < -0.4 is 16.4 Å². The van der Waals surface area contributed by atoms with E-state index in [-0.39, 0.29) is 12.0 Å². The Morgan fingerprint density at radius 2 is 1.89 bits per heavy atom. The van der Waals surface area contributed by atoms with Crippen LogP contribution in [-0.2, 0) is 0 Å². The van der Waals surface area contributed by atoms with Crippen LogP contribution in [0.3, 0.4) is 0 Å². The van der Waals surface area contributed by atoms with Crippen LogP contribution in [-0.4, -0.2) is 17.0 Å². The van der Waals surface area contributed by atoms with E-state index in [1.807, 2.05) is 31.2 Å². The smallest absolute Gasteiger partial charge is 0.223 e. The van der Waals surface area contributed by atoms with Crippen molar-refractivity contribution >= 4 is 29.2 Å². The molecule has 5 nitrogen and oxygen atoms in total. The quantitative estimate of drug-likeness (QED) is 0.801. The van der Waals surface area contributed by atoms with Gasteiger partial charge in [-0.3, -0.25) is 0 Å². The topological polar surface area (TPSA) is 75.9 Å². The lowest BCUT2D eigenvalue weighted by atomic mass is 10.1. The molecule has 0 fully saturated rings. The minimum absolute atomic E-state index is 0.0210. The maximum absolute atomic E-state index is 6.17. The summed E-state index contributed by atoms with van der Waals surface area (Å²) in [5.74, 6) is 1.55. The molecule has 100 valence electrons. The number of aromatic nitrogens is 2. The number of anilines is 3. The fourth-order valence-corrected chi connectivity index (χ4v) is 2.09. The Hall–Kier alpha value is -2.01. The summed E-state index contributed by atoms with van der Waals surface area (Å²) in [7, 11) is 1.78. The fourth-order valence-electron chi connectivity index (χ4n) is 1.79. The fraction of sp³-hybridized carbons (Fsp3) is 0.231. The average Bonchev–Trinajstić information content (AvgIpc) is 2.38. The van der Waals surface area contributed by atoms with Crippen molar-refractivity contribution in [2.75, 3.05) is 23.4 Å². The van der Waals surface area contributed by atoms with Crippen molar-refractivity contribution in [1.29, 1.82) is 0 Å². The van der Waals surface area contributed by atoms with E-state index in [2.05, 4.69) is 20.6 Å². The van der Waals surface area contributed by atoms with Crippen LogP contribution in [0.5, 0.6) is 0 Å². The molecule has 6 heteroatoms. The number of rotatable bonds is 4. The summed E-state index contributed by atoms with van der Waals surface area (Å²) >= 11 is 6.17. The first-order chi connectivity index (χ1) is 9.10. The molecule has 2 rings (SSSR count). The van der Waals surface area contributed by atoms with E-state index < -0.39 is 0 Å². The number of hydrogen-bond acceptors (Lipinski definition) is 5. The Kier molecular flexibility index (Phi) is 4.06. The van der Waals surface area contributed by atoms with Gasteiger partial charge in [0.25, 0.3) is 0 Å². The average molecular weight is 278 g/mol. The lowest BCUT2D eigenvalue weighted by molar-refractivity contribution is 0.873. The molecule has 4 N–H and O–H groups in total. The molecule has 1 heterocycles. The number of hydrogen-bond donors (Lipinski definition) is 3. The molecule has 0 amide bonds. The molecule has 0 saturated carbocycles. The predicted molar refractivity (Wildman–Crippen MR) is 79.5 cm³/mol. The van der Waals surface area contributed by atoms with E-state index in [0.717, 1.165) is 10.6 Å². The Balaban J connectivity index is 2.21. The number of nitrogens with two attached hydrogens (primary N) is 1. The van der Waals surface area contributed by atoms with Crippen LogP contribution in [0.4, 0.5) is 17.6 Å². The molecular weight excluding hydrogens is 262 g/mol. The zero-order chi connectivity index (χ0) is 13.8. The van der Waals surface area contributed by atoms with Gasteiger partial charge in [0.2, 0.25) is 5.95 Å². The third-order valence-electron chi connectivity index (χ3n) is 2.74. The highest BCUT2D eigenvalue weighted by molar-refractivity contribution is 6.31. The first-order valence-electron chi connectivity index (χ1n) is 5.93. The summed E-state index contributed by atoms with van der Waals surface area (Å²) < 4.78 is 0. The number of benzene rings is 1. The molecule has 0 spiro atoms. The van der Waals surface area contributed by atoms with Crippen LogP contribution in [0, 0.1) is 0 Å². The van der Waals surface area contributed by atoms with Gasteiger partial charge in [0.05, 0.1) is 6.04 Å². The van der Waals surface area contributed by atoms with Crippen LogP contribution in [0.1, 0.15) is 18.5 Å². The first-order valence-corrected chi connectivity index (χ1v) is 6.31. The number of halogens is 1. The molecule has 0 aliphatic carbocycles. The highest BCUT2D eigenvalue weighted by Gasteiger charge is 2.10. The minimum atomic E-state index is 0.0210. The monoisotopic (exact) mass is 277 g/mol. The molecule has 2 aromatic rings. The first kappa shape index (κ1) is 13.4. The maximum Gasteiger partial charge on any atom is 0.223 e. The Morgan fingerprint density at radius 3 is 2.58 bits per heavy atom. The van der Waals surface area contributed by atoms with Gasteiger partial charge in [0, 0.05) is 18.1 Å². The molecule has 0 bridgehead atoms. The molecule has 0 saturated heterocycles. The molecule has 0 aliphatic rings. The standard InChI is InChI=1S/C13H16ClN5/c1-8(9-5-3-4-6-10(9)14)17-12-7-11(16-2)18-13(15)19-12/h3-8H,1-2H3,(H4,15,16,17,18,19). The molecule has 1 atom stereocenters. The van der Waals surface area contributed by atoms with Crippen LogP contribution in [0.2, 0.25) is 5.02 Å². The maximum atomic E-state index is 6.17. The molecule has 1 unspecified atom stereocenters. The van der Waals surface area contributed by atoms with Gasteiger partial charge in [-0.25, -0.2) is 0 Å². The van der Waals surface area contributed by atoms with Gasteiger partial charge in [-0.05, 0) is 18.6 Å². The summed E-state index contributed by atoms with van der Waals surface area (Å²) in [6, 6.07) is 9.51. The summed E-state index contributed by atoms with van der Waals surface area (Å²) in [6.45, 7) is 2.01. The van der Waals surface area contributed by atoms with Gasteiger partial charge < -0.3 is 16.4 Å². The van der Waals surface area contributed by atoms with E-state index in [4.69, 9.17) is 17.3 Å². The van der Waals surface area contributed by atoms with E-state index in [1.165, 1.54) is 0 Å². The Labute approximate surface area is 117 Å². The Morgan fingerprint density at radius 1 is 1.21 bits per heavy atom. The van der Waals surface area contributed by atoms with Crippen LogP contribution >= 0.6 is 11.6 Å². The van der Waals surface area contributed by atoms with Gasteiger partial charge in [-0.2, -0.15) is 9.97 Å². The van der Waals surface area contributed by atoms with E-state index in [1.54, 1.807) is 13.1 Å². The third-order valence-corrected chi connectivity index (χ3v) is 3.08. The van der Waals surface area contributed by atoms with Gasteiger partial charge in [0.1, 0.15) is 11.6 Å². The lowest BCUT2D eigenvalue weighted by Gasteiger charge is -2.16. The van der Waals surface area contributed by atoms with Crippen molar-refractivity contribution in [2.45, 2.75) is 13.0 Å².